The number of likely N-dealkylation sites (N-methyl/N-ethyl adjacent to an activating group) is 1. The lowest BCUT2D eigenvalue weighted by Gasteiger charge is -2.31. The Bertz CT molecular complexity index is 223. The molecule has 114 valence electrons. The van der Waals surface area contributed by atoms with Gasteiger partial charge in [0.1, 0.15) is 0 Å². The first-order valence-electron chi connectivity index (χ1n) is 7.82. The number of ether oxygens (including phenoxy) is 1. The number of hydrogen-bond acceptors (Lipinski definition) is 4. The Kier molecular flexibility index (Phi) is 8.62. The molecule has 1 aliphatic rings. The molecular weight excluding hydrogens is 238 g/mol. The summed E-state index contributed by atoms with van der Waals surface area (Å²) in [5.74, 6) is 0. The Hall–Kier alpha value is -0.160. The molecule has 0 amide bonds. The summed E-state index contributed by atoms with van der Waals surface area (Å²) in [5.41, 5.74) is 0. The first kappa shape index (κ1) is 16.9. The fourth-order valence-corrected chi connectivity index (χ4v) is 2.48. The molecule has 4 nitrogen and oxygen atoms in total. The van der Waals surface area contributed by atoms with Gasteiger partial charge in [-0.15, -0.1) is 0 Å². The van der Waals surface area contributed by atoms with Gasteiger partial charge in [-0.3, -0.25) is 0 Å². The van der Waals surface area contributed by atoms with Crippen LogP contribution in [0.5, 0.6) is 0 Å². The van der Waals surface area contributed by atoms with E-state index < -0.39 is 0 Å². The van der Waals surface area contributed by atoms with Gasteiger partial charge in [-0.25, -0.2) is 0 Å². The van der Waals surface area contributed by atoms with E-state index in [9.17, 15) is 0 Å². The van der Waals surface area contributed by atoms with Crippen LogP contribution in [-0.4, -0.2) is 75.4 Å². The van der Waals surface area contributed by atoms with Crippen LogP contribution in [0.2, 0.25) is 0 Å². The average Bonchev–Trinajstić information content (AvgIpc) is 2.36. The third kappa shape index (κ3) is 7.88. The molecule has 1 aliphatic heterocycles. The molecule has 0 aromatic rings. The molecule has 0 radical (unpaired) electrons. The van der Waals surface area contributed by atoms with Crippen molar-refractivity contribution in [3.63, 3.8) is 0 Å². The Morgan fingerprint density at radius 1 is 1.21 bits per heavy atom. The van der Waals surface area contributed by atoms with E-state index in [1.54, 1.807) is 0 Å². The summed E-state index contributed by atoms with van der Waals surface area (Å²) >= 11 is 0. The number of nitrogens with one attached hydrogen (secondary N) is 1. The summed E-state index contributed by atoms with van der Waals surface area (Å²) in [5, 5.41) is 3.71. The summed E-state index contributed by atoms with van der Waals surface area (Å²) in [6.07, 6.45) is 3.74. The van der Waals surface area contributed by atoms with Crippen LogP contribution in [0, 0.1) is 0 Å². The second-order valence-electron chi connectivity index (χ2n) is 6.01. The lowest BCUT2D eigenvalue weighted by atomic mass is 10.1. The van der Waals surface area contributed by atoms with E-state index in [1.165, 1.54) is 32.4 Å². The van der Waals surface area contributed by atoms with Gasteiger partial charge in [-0.1, -0.05) is 6.92 Å². The quantitative estimate of drug-likeness (QED) is 0.709. The molecular formula is C15H33N3O. The van der Waals surface area contributed by atoms with E-state index in [-0.39, 0.29) is 0 Å². The van der Waals surface area contributed by atoms with Crippen molar-refractivity contribution in [1.29, 1.82) is 0 Å². The van der Waals surface area contributed by atoms with Crippen LogP contribution in [0.4, 0.5) is 0 Å². The molecule has 2 atom stereocenters. The summed E-state index contributed by atoms with van der Waals surface area (Å²) in [6, 6.07) is 1.33. The molecule has 1 N–H and O–H groups in total. The molecule has 0 bridgehead atoms. The van der Waals surface area contributed by atoms with E-state index in [0.717, 1.165) is 26.3 Å². The monoisotopic (exact) mass is 271 g/mol. The predicted molar refractivity (Wildman–Crippen MR) is 81.7 cm³/mol. The molecule has 0 aromatic heterocycles. The van der Waals surface area contributed by atoms with E-state index in [0.29, 0.717) is 12.1 Å². The molecule has 0 aromatic carbocycles. The normalized spacial score (nSPS) is 26.4. The Morgan fingerprint density at radius 2 is 1.95 bits per heavy atom. The molecule has 0 saturated carbocycles. The molecule has 4 heteroatoms. The van der Waals surface area contributed by atoms with Crippen LogP contribution >= 0.6 is 0 Å². The molecule has 0 spiro atoms. The molecule has 2 unspecified atom stereocenters. The van der Waals surface area contributed by atoms with Crippen LogP contribution in [0.3, 0.4) is 0 Å². The minimum absolute atomic E-state index is 0.641. The third-order valence-electron chi connectivity index (χ3n) is 3.92. The van der Waals surface area contributed by atoms with E-state index in [4.69, 9.17) is 4.74 Å². The van der Waals surface area contributed by atoms with Crippen molar-refractivity contribution in [2.45, 2.75) is 45.2 Å². The summed E-state index contributed by atoms with van der Waals surface area (Å²) in [4.78, 5) is 4.73. The summed E-state index contributed by atoms with van der Waals surface area (Å²) < 4.78 is 5.70. The van der Waals surface area contributed by atoms with Crippen molar-refractivity contribution in [2.24, 2.45) is 0 Å². The number of hydrogen-bond donors (Lipinski definition) is 1. The average molecular weight is 271 g/mol. The highest BCUT2D eigenvalue weighted by molar-refractivity contribution is 4.76. The van der Waals surface area contributed by atoms with Gasteiger partial charge >= 0.3 is 0 Å². The second kappa shape index (κ2) is 9.70. The zero-order valence-corrected chi connectivity index (χ0v) is 13.3. The highest BCUT2D eigenvalue weighted by Gasteiger charge is 2.17. The molecule has 0 aliphatic carbocycles. The third-order valence-corrected chi connectivity index (χ3v) is 3.92. The highest BCUT2D eigenvalue weighted by atomic mass is 16.5. The van der Waals surface area contributed by atoms with Crippen molar-refractivity contribution in [1.82, 2.24) is 15.1 Å². The van der Waals surface area contributed by atoms with Crippen molar-refractivity contribution in [3.05, 3.63) is 0 Å². The first-order valence-corrected chi connectivity index (χ1v) is 7.82. The maximum Gasteiger partial charge on any atom is 0.0594 e. The van der Waals surface area contributed by atoms with Crippen molar-refractivity contribution in [3.8, 4) is 0 Å². The van der Waals surface area contributed by atoms with Crippen LogP contribution < -0.4 is 5.32 Å². The zero-order valence-electron chi connectivity index (χ0n) is 13.3. The van der Waals surface area contributed by atoms with Gasteiger partial charge in [0.05, 0.1) is 13.2 Å². The molecule has 1 rings (SSSR count). The van der Waals surface area contributed by atoms with E-state index in [2.05, 4.69) is 43.1 Å². The minimum Gasteiger partial charge on any atom is -0.379 e. The lowest BCUT2D eigenvalue weighted by Crippen LogP contribution is -2.44. The van der Waals surface area contributed by atoms with Crippen molar-refractivity contribution in [2.75, 3.05) is 53.5 Å². The van der Waals surface area contributed by atoms with E-state index >= 15 is 0 Å². The summed E-state index contributed by atoms with van der Waals surface area (Å²) in [7, 11) is 4.17. The van der Waals surface area contributed by atoms with Crippen LogP contribution in [-0.2, 0) is 4.74 Å². The summed E-state index contributed by atoms with van der Waals surface area (Å²) in [6.45, 7) is 10.8. The van der Waals surface area contributed by atoms with E-state index in [1.807, 2.05) is 0 Å². The Balaban J connectivity index is 2.17. The van der Waals surface area contributed by atoms with Gasteiger partial charge in [-0.05, 0) is 53.4 Å². The molecule has 1 heterocycles. The SMILES string of the molecule is CCC1CCN(CCOCCN(C)C)CCC(C)N1. The topological polar surface area (TPSA) is 27.7 Å². The molecule has 19 heavy (non-hydrogen) atoms. The fourth-order valence-electron chi connectivity index (χ4n) is 2.48. The van der Waals surface area contributed by atoms with Gasteiger partial charge in [-0.2, -0.15) is 0 Å². The molecule has 1 fully saturated rings. The van der Waals surface area contributed by atoms with Gasteiger partial charge in [0, 0.05) is 25.2 Å². The lowest BCUT2D eigenvalue weighted by molar-refractivity contribution is 0.0868. The fraction of sp³-hybridized carbons (Fsp3) is 1.00. The zero-order chi connectivity index (χ0) is 14.1. The smallest absolute Gasteiger partial charge is 0.0594 e. The minimum atomic E-state index is 0.641. The number of rotatable bonds is 7. The molecule has 1 saturated heterocycles. The largest absolute Gasteiger partial charge is 0.379 e. The standard InChI is InChI=1S/C15H33N3O/c1-5-15-7-9-18(8-6-14(2)16-15)11-13-19-12-10-17(3)4/h14-16H,5-13H2,1-4H3. The van der Waals surface area contributed by atoms with Crippen molar-refractivity contribution >= 4 is 0 Å². The second-order valence-corrected chi connectivity index (χ2v) is 6.01. The Morgan fingerprint density at radius 3 is 2.63 bits per heavy atom. The van der Waals surface area contributed by atoms with Gasteiger partial charge < -0.3 is 19.9 Å². The number of nitrogens with zero attached hydrogens (tertiary/aromatic N) is 2. The van der Waals surface area contributed by atoms with Crippen LogP contribution in [0.25, 0.3) is 0 Å². The van der Waals surface area contributed by atoms with Crippen LogP contribution in [0.1, 0.15) is 33.1 Å². The van der Waals surface area contributed by atoms with Gasteiger partial charge in [0.2, 0.25) is 0 Å². The van der Waals surface area contributed by atoms with Gasteiger partial charge in [0.25, 0.3) is 0 Å². The highest BCUT2D eigenvalue weighted by Crippen LogP contribution is 2.08. The van der Waals surface area contributed by atoms with Crippen LogP contribution in [0.15, 0.2) is 0 Å². The van der Waals surface area contributed by atoms with Crippen molar-refractivity contribution < 1.29 is 4.74 Å². The maximum absolute atomic E-state index is 5.70. The first-order chi connectivity index (χ1) is 9.11. The maximum atomic E-state index is 5.70. The Labute approximate surface area is 119 Å². The predicted octanol–water partition coefficient (Wildman–Crippen LogP) is 1.42. The van der Waals surface area contributed by atoms with Gasteiger partial charge in [0.15, 0.2) is 0 Å².